The highest BCUT2D eigenvalue weighted by atomic mass is 16.5. The van der Waals surface area contributed by atoms with Gasteiger partial charge in [0.25, 0.3) is 0 Å². The lowest BCUT2D eigenvalue weighted by atomic mass is 10.1. The van der Waals surface area contributed by atoms with Crippen LogP contribution >= 0.6 is 0 Å². The zero-order valence-corrected chi connectivity index (χ0v) is 16.6. The minimum absolute atomic E-state index is 0.0743. The molecule has 1 saturated heterocycles. The van der Waals surface area contributed by atoms with Crippen LogP contribution in [-0.4, -0.2) is 69.3 Å². The van der Waals surface area contributed by atoms with E-state index in [1.54, 1.807) is 14.2 Å². The summed E-state index contributed by atoms with van der Waals surface area (Å²) in [5.41, 5.74) is 1.23. The Morgan fingerprint density at radius 2 is 1.81 bits per heavy atom. The fraction of sp³-hybridized carbons (Fsp3) is 0.650. The first kappa shape index (κ1) is 20.4. The maximum Gasteiger partial charge on any atom is 0.317 e. The van der Waals surface area contributed by atoms with Gasteiger partial charge in [-0.2, -0.15) is 0 Å². The van der Waals surface area contributed by atoms with Crippen molar-refractivity contribution in [3.63, 3.8) is 0 Å². The van der Waals surface area contributed by atoms with E-state index in [0.717, 1.165) is 63.6 Å². The molecule has 1 aliphatic rings. The van der Waals surface area contributed by atoms with Crippen LogP contribution in [0.2, 0.25) is 0 Å². The number of hydrogen-bond acceptors (Lipinski definition) is 4. The van der Waals surface area contributed by atoms with Gasteiger partial charge >= 0.3 is 6.03 Å². The first-order chi connectivity index (χ1) is 12.5. The average Bonchev–Trinajstić information content (AvgIpc) is 2.66. The van der Waals surface area contributed by atoms with Crippen molar-refractivity contribution in [2.24, 2.45) is 5.92 Å². The first-order valence-corrected chi connectivity index (χ1v) is 9.49. The molecule has 0 radical (unpaired) electrons. The molecule has 0 bridgehead atoms. The van der Waals surface area contributed by atoms with Crippen LogP contribution in [0.4, 0.5) is 4.79 Å². The highest BCUT2D eigenvalue weighted by molar-refractivity contribution is 5.74. The van der Waals surface area contributed by atoms with E-state index in [0.29, 0.717) is 5.92 Å². The Bertz CT molecular complexity index is 569. The van der Waals surface area contributed by atoms with E-state index in [9.17, 15) is 4.79 Å². The molecule has 2 rings (SSSR count). The summed E-state index contributed by atoms with van der Waals surface area (Å²) < 4.78 is 10.6. The number of carbonyl (C=O) groups excluding carboxylic acids is 1. The number of piperazine rings is 1. The number of urea groups is 1. The molecule has 26 heavy (non-hydrogen) atoms. The van der Waals surface area contributed by atoms with Crippen molar-refractivity contribution in [1.82, 2.24) is 15.1 Å². The van der Waals surface area contributed by atoms with Crippen LogP contribution in [0, 0.1) is 5.92 Å². The van der Waals surface area contributed by atoms with Gasteiger partial charge in [-0.1, -0.05) is 19.9 Å². The summed E-state index contributed by atoms with van der Waals surface area (Å²) >= 11 is 0. The fourth-order valence-corrected chi connectivity index (χ4v) is 3.08. The van der Waals surface area contributed by atoms with Crippen LogP contribution in [0.3, 0.4) is 0 Å². The highest BCUT2D eigenvalue weighted by Gasteiger charge is 2.20. The molecule has 1 fully saturated rings. The largest absolute Gasteiger partial charge is 0.493 e. The van der Waals surface area contributed by atoms with Gasteiger partial charge in [0.15, 0.2) is 11.5 Å². The molecule has 1 heterocycles. The van der Waals surface area contributed by atoms with Crippen LogP contribution in [0.15, 0.2) is 18.2 Å². The fourth-order valence-electron chi connectivity index (χ4n) is 3.08. The van der Waals surface area contributed by atoms with E-state index in [2.05, 4.69) is 30.1 Å². The van der Waals surface area contributed by atoms with E-state index >= 15 is 0 Å². The molecule has 0 aromatic heterocycles. The molecule has 0 atom stereocenters. The lowest BCUT2D eigenvalue weighted by Gasteiger charge is -2.34. The molecule has 6 heteroatoms. The Balaban J connectivity index is 1.72. The molecule has 1 aromatic carbocycles. The second kappa shape index (κ2) is 10.3. The molecular formula is C20H33N3O3. The van der Waals surface area contributed by atoms with E-state index < -0.39 is 0 Å². The first-order valence-electron chi connectivity index (χ1n) is 9.49. The molecule has 0 spiro atoms. The van der Waals surface area contributed by atoms with Crippen molar-refractivity contribution >= 4 is 6.03 Å². The van der Waals surface area contributed by atoms with Gasteiger partial charge in [0.2, 0.25) is 0 Å². The van der Waals surface area contributed by atoms with Gasteiger partial charge in [0.1, 0.15) is 0 Å². The predicted octanol–water partition coefficient (Wildman–Crippen LogP) is 2.62. The topological polar surface area (TPSA) is 54.0 Å². The van der Waals surface area contributed by atoms with Gasteiger partial charge in [0, 0.05) is 39.3 Å². The summed E-state index contributed by atoms with van der Waals surface area (Å²) in [5.74, 6) is 2.14. The molecule has 2 amide bonds. The maximum atomic E-state index is 12.2. The zero-order chi connectivity index (χ0) is 18.9. The van der Waals surface area contributed by atoms with E-state index in [1.807, 2.05) is 17.0 Å². The molecule has 1 aliphatic heterocycles. The van der Waals surface area contributed by atoms with E-state index in [1.165, 1.54) is 5.56 Å². The standard InChI is InChI=1S/C20H33N3O3/c1-16(2)7-9-21-20(24)23-13-11-22(12-14-23)10-8-17-5-6-18(25-3)19(15-17)26-4/h5-6,15-16H,7-14H2,1-4H3,(H,21,24). The third-order valence-corrected chi connectivity index (χ3v) is 4.82. The third-order valence-electron chi connectivity index (χ3n) is 4.82. The van der Waals surface area contributed by atoms with Gasteiger partial charge in [-0.15, -0.1) is 0 Å². The number of rotatable bonds is 8. The van der Waals surface area contributed by atoms with Gasteiger partial charge < -0.3 is 19.7 Å². The zero-order valence-electron chi connectivity index (χ0n) is 16.6. The number of hydrogen-bond donors (Lipinski definition) is 1. The summed E-state index contributed by atoms with van der Waals surface area (Å²) in [6.45, 7) is 9.51. The van der Waals surface area contributed by atoms with Crippen LogP contribution in [0.5, 0.6) is 11.5 Å². The predicted molar refractivity (Wildman–Crippen MR) is 104 cm³/mol. The third kappa shape index (κ3) is 6.09. The molecule has 146 valence electrons. The Morgan fingerprint density at radius 1 is 1.12 bits per heavy atom. The lowest BCUT2D eigenvalue weighted by molar-refractivity contribution is 0.140. The number of methoxy groups -OCH3 is 2. The minimum Gasteiger partial charge on any atom is -0.493 e. The summed E-state index contributed by atoms with van der Waals surface area (Å²) in [6.07, 6.45) is 1.98. The summed E-state index contributed by atoms with van der Waals surface area (Å²) in [7, 11) is 3.31. The second-order valence-electron chi connectivity index (χ2n) is 7.18. The van der Waals surface area contributed by atoms with Gasteiger partial charge in [0.05, 0.1) is 14.2 Å². The van der Waals surface area contributed by atoms with Crippen molar-refractivity contribution in [1.29, 1.82) is 0 Å². The Morgan fingerprint density at radius 3 is 2.42 bits per heavy atom. The average molecular weight is 364 g/mol. The minimum atomic E-state index is 0.0743. The molecule has 6 nitrogen and oxygen atoms in total. The Hall–Kier alpha value is -1.95. The van der Waals surface area contributed by atoms with Crippen LogP contribution < -0.4 is 14.8 Å². The normalized spacial score (nSPS) is 15.2. The number of ether oxygens (including phenoxy) is 2. The summed E-state index contributed by atoms with van der Waals surface area (Å²) in [4.78, 5) is 16.5. The van der Waals surface area contributed by atoms with Crippen molar-refractivity contribution in [2.75, 3.05) is 53.5 Å². The number of nitrogens with zero attached hydrogens (tertiary/aromatic N) is 2. The Kier molecular flexibility index (Phi) is 8.04. The van der Waals surface area contributed by atoms with Gasteiger partial charge in [-0.05, 0) is 36.5 Å². The Labute approximate surface area is 157 Å². The molecular weight excluding hydrogens is 330 g/mol. The number of benzene rings is 1. The molecule has 0 saturated carbocycles. The van der Waals surface area contributed by atoms with Crippen molar-refractivity contribution in [3.8, 4) is 11.5 Å². The second-order valence-corrected chi connectivity index (χ2v) is 7.18. The van der Waals surface area contributed by atoms with Gasteiger partial charge in [-0.3, -0.25) is 4.90 Å². The van der Waals surface area contributed by atoms with Crippen molar-refractivity contribution in [2.45, 2.75) is 26.7 Å². The highest BCUT2D eigenvalue weighted by Crippen LogP contribution is 2.27. The number of nitrogens with one attached hydrogen (secondary N) is 1. The number of amides is 2. The lowest BCUT2D eigenvalue weighted by Crippen LogP contribution is -2.52. The van der Waals surface area contributed by atoms with E-state index in [4.69, 9.17) is 9.47 Å². The van der Waals surface area contributed by atoms with Crippen LogP contribution in [-0.2, 0) is 6.42 Å². The molecule has 0 aliphatic carbocycles. The quantitative estimate of drug-likeness (QED) is 0.771. The SMILES string of the molecule is COc1ccc(CCN2CCN(C(=O)NCCC(C)C)CC2)cc1OC. The monoisotopic (exact) mass is 363 g/mol. The summed E-state index contributed by atoms with van der Waals surface area (Å²) in [5, 5.41) is 3.02. The molecule has 1 aromatic rings. The number of carbonyl (C=O) groups is 1. The van der Waals surface area contributed by atoms with Gasteiger partial charge in [-0.25, -0.2) is 4.79 Å². The smallest absolute Gasteiger partial charge is 0.317 e. The van der Waals surface area contributed by atoms with E-state index in [-0.39, 0.29) is 6.03 Å². The maximum absolute atomic E-state index is 12.2. The van der Waals surface area contributed by atoms with Crippen LogP contribution in [0.1, 0.15) is 25.8 Å². The summed E-state index contributed by atoms with van der Waals surface area (Å²) in [6, 6.07) is 6.15. The van der Waals surface area contributed by atoms with Crippen molar-refractivity contribution in [3.05, 3.63) is 23.8 Å². The molecule has 0 unspecified atom stereocenters. The molecule has 1 N–H and O–H groups in total. The van der Waals surface area contributed by atoms with Crippen LogP contribution in [0.25, 0.3) is 0 Å². The van der Waals surface area contributed by atoms with Crippen molar-refractivity contribution < 1.29 is 14.3 Å².